The standard InChI is InChI=1S/C17H17N5O3S/c1-10-4-3-5-12(8-10)15-19-21-17(26)22(15)9-14(23)18-20-16(24)13-6-7-25-11(13)2/h3-8H,9H2,1-2H3,(H,18,23)(H,20,24)(H,21,26). The van der Waals surface area contributed by atoms with E-state index in [1.54, 1.807) is 11.5 Å². The molecule has 0 aliphatic rings. The highest BCUT2D eigenvalue weighted by Crippen LogP contribution is 2.18. The third-order valence-corrected chi connectivity index (χ3v) is 4.07. The molecule has 0 radical (unpaired) electrons. The molecule has 3 rings (SSSR count). The Labute approximate surface area is 154 Å². The van der Waals surface area contributed by atoms with E-state index in [0.717, 1.165) is 11.1 Å². The number of amides is 2. The van der Waals surface area contributed by atoms with Crippen molar-refractivity contribution in [2.24, 2.45) is 0 Å². The molecule has 2 heterocycles. The van der Waals surface area contributed by atoms with Crippen LogP contribution in [0.25, 0.3) is 11.4 Å². The number of hydrogen-bond acceptors (Lipinski definition) is 5. The topological polar surface area (TPSA) is 105 Å². The first kappa shape index (κ1) is 17.6. The molecule has 26 heavy (non-hydrogen) atoms. The second-order valence-electron chi connectivity index (χ2n) is 5.70. The van der Waals surface area contributed by atoms with Gasteiger partial charge in [0, 0.05) is 5.56 Å². The molecule has 2 amide bonds. The van der Waals surface area contributed by atoms with Gasteiger partial charge in [-0.25, -0.2) is 0 Å². The van der Waals surface area contributed by atoms with Crippen molar-refractivity contribution >= 4 is 24.0 Å². The maximum atomic E-state index is 12.2. The number of rotatable bonds is 4. The van der Waals surface area contributed by atoms with E-state index in [2.05, 4.69) is 21.0 Å². The summed E-state index contributed by atoms with van der Waals surface area (Å²) in [6.45, 7) is 3.54. The lowest BCUT2D eigenvalue weighted by atomic mass is 10.1. The number of carbonyl (C=O) groups is 2. The van der Waals surface area contributed by atoms with Crippen LogP contribution in [0.15, 0.2) is 41.0 Å². The lowest BCUT2D eigenvalue weighted by Crippen LogP contribution is -2.43. The molecule has 0 aliphatic carbocycles. The number of hydrogen-bond donors (Lipinski definition) is 3. The summed E-state index contributed by atoms with van der Waals surface area (Å²) < 4.78 is 6.94. The van der Waals surface area contributed by atoms with E-state index in [-0.39, 0.29) is 6.54 Å². The maximum absolute atomic E-state index is 12.2. The molecule has 3 N–H and O–H groups in total. The van der Waals surface area contributed by atoms with E-state index in [9.17, 15) is 9.59 Å². The SMILES string of the molecule is Cc1cccc(-c2n[nH]c(=S)n2CC(=O)NNC(=O)c2ccoc2C)c1. The van der Waals surface area contributed by atoms with Gasteiger partial charge in [0.15, 0.2) is 10.6 Å². The van der Waals surface area contributed by atoms with Crippen molar-refractivity contribution in [2.45, 2.75) is 20.4 Å². The van der Waals surface area contributed by atoms with E-state index in [1.165, 1.54) is 12.3 Å². The number of carbonyl (C=O) groups excluding carboxylic acids is 2. The number of furan rings is 1. The first-order chi connectivity index (χ1) is 12.5. The van der Waals surface area contributed by atoms with E-state index in [0.29, 0.717) is 21.9 Å². The van der Waals surface area contributed by atoms with Crippen molar-refractivity contribution in [3.05, 3.63) is 58.3 Å². The second kappa shape index (κ2) is 7.36. The maximum Gasteiger partial charge on any atom is 0.273 e. The van der Waals surface area contributed by atoms with Crippen LogP contribution in [0.3, 0.4) is 0 Å². The second-order valence-corrected chi connectivity index (χ2v) is 6.09. The van der Waals surface area contributed by atoms with Crippen molar-refractivity contribution in [1.82, 2.24) is 25.6 Å². The Morgan fingerprint density at radius 3 is 2.77 bits per heavy atom. The number of aryl methyl sites for hydroxylation is 2. The van der Waals surface area contributed by atoms with Crippen molar-refractivity contribution in [2.75, 3.05) is 0 Å². The zero-order chi connectivity index (χ0) is 18.7. The van der Waals surface area contributed by atoms with Gasteiger partial charge < -0.3 is 4.42 Å². The summed E-state index contributed by atoms with van der Waals surface area (Å²) >= 11 is 5.21. The summed E-state index contributed by atoms with van der Waals surface area (Å²) in [5, 5.41) is 6.88. The van der Waals surface area contributed by atoms with E-state index in [4.69, 9.17) is 16.6 Å². The van der Waals surface area contributed by atoms with Gasteiger partial charge in [0.05, 0.1) is 11.8 Å². The van der Waals surface area contributed by atoms with Crippen molar-refractivity contribution < 1.29 is 14.0 Å². The molecule has 3 aromatic rings. The molecular weight excluding hydrogens is 354 g/mol. The van der Waals surface area contributed by atoms with Crippen molar-refractivity contribution in [3.8, 4) is 11.4 Å². The minimum absolute atomic E-state index is 0.0940. The summed E-state index contributed by atoms with van der Waals surface area (Å²) in [4.78, 5) is 24.2. The normalized spacial score (nSPS) is 10.5. The van der Waals surface area contributed by atoms with Crippen molar-refractivity contribution in [1.29, 1.82) is 0 Å². The summed E-state index contributed by atoms with van der Waals surface area (Å²) in [5.74, 6) is 0.117. The van der Waals surface area contributed by atoms with Crippen LogP contribution in [0, 0.1) is 18.6 Å². The Kier molecular flexibility index (Phi) is 4.99. The van der Waals surface area contributed by atoms with Crippen LogP contribution in [-0.4, -0.2) is 26.6 Å². The lowest BCUT2D eigenvalue weighted by molar-refractivity contribution is -0.122. The molecule has 0 unspecified atom stereocenters. The van der Waals surface area contributed by atoms with E-state index < -0.39 is 11.8 Å². The largest absolute Gasteiger partial charge is 0.469 e. The van der Waals surface area contributed by atoms with Gasteiger partial charge >= 0.3 is 0 Å². The van der Waals surface area contributed by atoms with E-state index >= 15 is 0 Å². The third-order valence-electron chi connectivity index (χ3n) is 3.76. The molecule has 2 aromatic heterocycles. The number of nitrogens with zero attached hydrogens (tertiary/aromatic N) is 2. The monoisotopic (exact) mass is 371 g/mol. The molecule has 0 bridgehead atoms. The fraction of sp³-hybridized carbons (Fsp3) is 0.176. The third kappa shape index (κ3) is 3.72. The van der Waals surface area contributed by atoms with Crippen LogP contribution in [0.5, 0.6) is 0 Å². The highest BCUT2D eigenvalue weighted by atomic mass is 32.1. The molecular formula is C17H17N5O3S. The highest BCUT2D eigenvalue weighted by Gasteiger charge is 2.15. The van der Waals surface area contributed by atoms with Gasteiger partial charge in [-0.15, -0.1) is 0 Å². The Morgan fingerprint density at radius 1 is 1.27 bits per heavy atom. The summed E-state index contributed by atoms with van der Waals surface area (Å²) in [7, 11) is 0. The summed E-state index contributed by atoms with van der Waals surface area (Å²) in [6.07, 6.45) is 1.41. The molecule has 1 aromatic carbocycles. The predicted molar refractivity (Wildman–Crippen MR) is 96.6 cm³/mol. The molecule has 0 spiro atoms. The number of aromatic nitrogens is 3. The Hall–Kier alpha value is -3.20. The number of nitrogens with one attached hydrogen (secondary N) is 3. The zero-order valence-corrected chi connectivity index (χ0v) is 15.0. The molecule has 9 heteroatoms. The van der Waals surface area contributed by atoms with Crippen LogP contribution < -0.4 is 10.9 Å². The first-order valence-electron chi connectivity index (χ1n) is 7.81. The molecule has 0 saturated carbocycles. The Balaban J connectivity index is 1.70. The molecule has 134 valence electrons. The molecule has 8 nitrogen and oxygen atoms in total. The van der Waals surface area contributed by atoms with Gasteiger partial charge in [-0.3, -0.25) is 30.1 Å². The first-order valence-corrected chi connectivity index (χ1v) is 8.22. The zero-order valence-electron chi connectivity index (χ0n) is 14.2. The van der Waals surface area contributed by atoms with Gasteiger partial charge in [-0.2, -0.15) is 5.10 Å². The predicted octanol–water partition coefficient (Wildman–Crippen LogP) is 2.28. The number of H-pyrrole nitrogens is 1. The molecule has 0 saturated heterocycles. The van der Waals surface area contributed by atoms with E-state index in [1.807, 2.05) is 31.2 Å². The van der Waals surface area contributed by atoms with Crippen LogP contribution in [0.2, 0.25) is 0 Å². The van der Waals surface area contributed by atoms with Crippen LogP contribution in [0.4, 0.5) is 0 Å². The van der Waals surface area contributed by atoms with Gasteiger partial charge in [-0.1, -0.05) is 23.8 Å². The molecule has 0 fully saturated rings. The Morgan fingerprint density at radius 2 is 2.08 bits per heavy atom. The minimum Gasteiger partial charge on any atom is -0.469 e. The summed E-state index contributed by atoms with van der Waals surface area (Å²) in [6, 6.07) is 9.23. The smallest absolute Gasteiger partial charge is 0.273 e. The fourth-order valence-corrected chi connectivity index (χ4v) is 2.66. The highest BCUT2D eigenvalue weighted by molar-refractivity contribution is 7.71. The number of benzene rings is 1. The van der Waals surface area contributed by atoms with Crippen LogP contribution in [-0.2, 0) is 11.3 Å². The average Bonchev–Trinajstić information content (AvgIpc) is 3.19. The average molecular weight is 371 g/mol. The molecule has 0 atom stereocenters. The van der Waals surface area contributed by atoms with Crippen LogP contribution in [0.1, 0.15) is 21.7 Å². The summed E-state index contributed by atoms with van der Waals surface area (Å²) in [5.41, 5.74) is 6.97. The fourth-order valence-electron chi connectivity index (χ4n) is 2.47. The van der Waals surface area contributed by atoms with Crippen molar-refractivity contribution in [3.63, 3.8) is 0 Å². The van der Waals surface area contributed by atoms with Gasteiger partial charge in [-0.05, 0) is 38.2 Å². The number of aromatic amines is 1. The molecule has 0 aliphatic heterocycles. The lowest BCUT2D eigenvalue weighted by Gasteiger charge is -2.09. The Bertz CT molecular complexity index is 1020. The minimum atomic E-state index is -0.459. The van der Waals surface area contributed by atoms with Gasteiger partial charge in [0.1, 0.15) is 12.3 Å². The quantitative estimate of drug-likeness (QED) is 0.482. The van der Waals surface area contributed by atoms with Gasteiger partial charge in [0.2, 0.25) is 0 Å². The van der Waals surface area contributed by atoms with Crippen LogP contribution >= 0.6 is 12.2 Å². The number of hydrazine groups is 1. The van der Waals surface area contributed by atoms with Gasteiger partial charge in [0.25, 0.3) is 11.8 Å².